The minimum absolute atomic E-state index is 0.0735. The summed E-state index contributed by atoms with van der Waals surface area (Å²) in [5.74, 6) is -3.64. The average molecular weight is 622 g/mol. The third-order valence-corrected chi connectivity index (χ3v) is 8.04. The summed E-state index contributed by atoms with van der Waals surface area (Å²) >= 11 is 5.45. The molecule has 1 saturated heterocycles. The molecule has 0 amide bonds. The molecule has 1 aromatic heterocycles. The van der Waals surface area contributed by atoms with E-state index >= 15 is 8.78 Å². The van der Waals surface area contributed by atoms with Crippen molar-refractivity contribution < 1.29 is 50.5 Å². The second-order valence-corrected chi connectivity index (χ2v) is 11.5. The number of aliphatic hydroxyl groups is 1. The standard InChI is InChI=1S/C24H24F4N3O8PS/c1-34-14-3-7-16(8-4-14)38-40(41,39-17-9-5-15(35-2)6-10-17)36-13-23(20(25)26)19(32)24(27,28)21(37-23)31-12-11-18(29)30-22(31)33/h3-12,19-21,32H,13H2,1-2H3,(H2,29,30,33)/t19?,21-,23-/m1/s1. The summed E-state index contributed by atoms with van der Waals surface area (Å²) in [7, 11) is 2.87. The van der Waals surface area contributed by atoms with Crippen molar-refractivity contribution in [3.05, 3.63) is 71.3 Å². The monoisotopic (exact) mass is 621 g/mol. The normalized spacial score (nSPS) is 22.0. The van der Waals surface area contributed by atoms with Crippen molar-refractivity contribution in [2.45, 2.75) is 30.3 Å². The number of anilines is 1. The summed E-state index contributed by atoms with van der Waals surface area (Å²) in [5, 5.41) is 10.5. The van der Waals surface area contributed by atoms with Gasteiger partial charge in [0.2, 0.25) is 6.23 Å². The van der Waals surface area contributed by atoms with Crippen LogP contribution in [-0.4, -0.2) is 59.5 Å². The van der Waals surface area contributed by atoms with Gasteiger partial charge in [0.05, 0.1) is 20.8 Å². The number of aliphatic hydroxyl groups excluding tert-OH is 1. The molecule has 0 radical (unpaired) electrons. The van der Waals surface area contributed by atoms with Gasteiger partial charge in [-0.3, -0.25) is 9.09 Å². The van der Waals surface area contributed by atoms with Crippen molar-refractivity contribution in [3.8, 4) is 23.0 Å². The molecule has 1 aliphatic rings. The smallest absolute Gasteiger partial charge is 0.435 e. The zero-order chi connectivity index (χ0) is 30.0. The van der Waals surface area contributed by atoms with Gasteiger partial charge in [-0.15, -0.1) is 0 Å². The lowest BCUT2D eigenvalue weighted by Gasteiger charge is -2.32. The van der Waals surface area contributed by atoms with Gasteiger partial charge in [-0.1, -0.05) is 0 Å². The van der Waals surface area contributed by atoms with E-state index in [1.165, 1.54) is 62.8 Å². The van der Waals surface area contributed by atoms with E-state index in [1.807, 2.05) is 0 Å². The number of alkyl halides is 4. The molecule has 1 aliphatic heterocycles. The molecular formula is C24H24F4N3O8PS. The fraction of sp³-hybridized carbons (Fsp3) is 0.333. The highest BCUT2D eigenvalue weighted by Gasteiger charge is 2.71. The highest BCUT2D eigenvalue weighted by Crippen LogP contribution is 2.55. The average Bonchev–Trinajstić information content (AvgIpc) is 3.14. The fourth-order valence-electron chi connectivity index (χ4n) is 3.79. The van der Waals surface area contributed by atoms with Crippen molar-refractivity contribution in [3.63, 3.8) is 0 Å². The largest absolute Gasteiger partial charge is 0.497 e. The van der Waals surface area contributed by atoms with Gasteiger partial charge in [0, 0.05) is 18.0 Å². The molecule has 4 rings (SSSR count). The maximum absolute atomic E-state index is 15.2. The molecule has 0 aliphatic carbocycles. The van der Waals surface area contributed by atoms with Crippen molar-refractivity contribution >= 4 is 24.3 Å². The van der Waals surface area contributed by atoms with Gasteiger partial charge in [-0.25, -0.2) is 13.6 Å². The van der Waals surface area contributed by atoms with Gasteiger partial charge in [-0.05, 0) is 54.6 Å². The Morgan fingerprint density at radius 3 is 1.95 bits per heavy atom. The number of hydrogen-bond donors (Lipinski definition) is 2. The number of nitrogens with zero attached hydrogens (tertiary/aromatic N) is 2. The van der Waals surface area contributed by atoms with E-state index in [9.17, 15) is 18.7 Å². The number of nitrogens with two attached hydrogens (primary N) is 1. The minimum Gasteiger partial charge on any atom is -0.497 e. The number of benzene rings is 2. The molecule has 0 spiro atoms. The first-order valence-electron chi connectivity index (χ1n) is 11.6. The Morgan fingerprint density at radius 1 is 1.02 bits per heavy atom. The summed E-state index contributed by atoms with van der Waals surface area (Å²) in [6.45, 7) is -5.55. The van der Waals surface area contributed by atoms with Crippen LogP contribution in [0.15, 0.2) is 65.6 Å². The quantitative estimate of drug-likeness (QED) is 0.239. The third kappa shape index (κ3) is 6.26. The van der Waals surface area contributed by atoms with Gasteiger partial charge < -0.3 is 34.1 Å². The molecule has 222 valence electrons. The predicted molar refractivity (Wildman–Crippen MR) is 140 cm³/mol. The lowest BCUT2D eigenvalue weighted by Crippen LogP contribution is -2.54. The Labute approximate surface area is 235 Å². The Balaban J connectivity index is 1.67. The summed E-state index contributed by atoms with van der Waals surface area (Å²) in [5.41, 5.74) is 0.700. The number of aromatic nitrogens is 2. The van der Waals surface area contributed by atoms with Crippen LogP contribution in [0.5, 0.6) is 23.0 Å². The van der Waals surface area contributed by atoms with Crippen LogP contribution in [0.4, 0.5) is 23.4 Å². The van der Waals surface area contributed by atoms with Crippen LogP contribution in [0.2, 0.25) is 0 Å². The van der Waals surface area contributed by atoms with Crippen LogP contribution in [0.3, 0.4) is 0 Å². The van der Waals surface area contributed by atoms with Gasteiger partial charge >= 0.3 is 18.3 Å². The van der Waals surface area contributed by atoms with Crippen LogP contribution in [0.1, 0.15) is 6.23 Å². The highest BCUT2D eigenvalue weighted by molar-refractivity contribution is 8.07. The minimum atomic E-state index is -4.41. The van der Waals surface area contributed by atoms with Gasteiger partial charge in [0.15, 0.2) is 11.7 Å². The predicted octanol–water partition coefficient (Wildman–Crippen LogP) is 3.77. The molecule has 0 saturated carbocycles. The van der Waals surface area contributed by atoms with E-state index in [0.717, 1.165) is 12.3 Å². The zero-order valence-corrected chi connectivity index (χ0v) is 23.1. The summed E-state index contributed by atoms with van der Waals surface area (Å²) in [6.07, 6.45) is -8.81. The van der Waals surface area contributed by atoms with Crippen LogP contribution < -0.4 is 29.9 Å². The molecule has 3 atom stereocenters. The summed E-state index contributed by atoms with van der Waals surface area (Å²) in [4.78, 5) is 15.5. The Hall–Kier alpha value is -3.43. The number of halogens is 4. The van der Waals surface area contributed by atoms with Crippen LogP contribution >= 0.6 is 6.72 Å². The molecule has 3 N–H and O–H groups in total. The van der Waals surface area contributed by atoms with Gasteiger partial charge in [0.25, 0.3) is 6.43 Å². The fourth-order valence-corrected chi connectivity index (χ4v) is 5.72. The van der Waals surface area contributed by atoms with E-state index in [2.05, 4.69) is 4.98 Å². The molecule has 41 heavy (non-hydrogen) atoms. The van der Waals surface area contributed by atoms with E-state index in [0.29, 0.717) is 11.5 Å². The first kappa shape index (κ1) is 30.5. The van der Waals surface area contributed by atoms with Crippen molar-refractivity contribution in [2.75, 3.05) is 26.6 Å². The number of ether oxygens (including phenoxy) is 3. The number of rotatable bonds is 11. The molecule has 1 unspecified atom stereocenters. The van der Waals surface area contributed by atoms with Gasteiger partial charge in [0.1, 0.15) is 28.8 Å². The topological polar surface area (TPSA) is 137 Å². The summed E-state index contributed by atoms with van der Waals surface area (Å²) in [6, 6.07) is 12.7. The molecule has 1 fully saturated rings. The lowest BCUT2D eigenvalue weighted by molar-refractivity contribution is -0.192. The van der Waals surface area contributed by atoms with Crippen LogP contribution in [0, 0.1) is 0 Å². The lowest BCUT2D eigenvalue weighted by atomic mass is 9.96. The second kappa shape index (κ2) is 11.8. The second-order valence-electron chi connectivity index (χ2n) is 8.60. The summed E-state index contributed by atoms with van der Waals surface area (Å²) < 4.78 is 91.7. The third-order valence-electron chi connectivity index (χ3n) is 5.96. The van der Waals surface area contributed by atoms with E-state index < -0.39 is 49.3 Å². The molecule has 2 aromatic carbocycles. The van der Waals surface area contributed by atoms with Crippen LogP contribution in [-0.2, 0) is 21.1 Å². The SMILES string of the molecule is COc1ccc(OP(=S)(OC[C@@]2(C(F)F)O[C@@H](n3ccc(N)nc3=O)C(F)(F)C2O)Oc2ccc(OC)cc2)cc1. The van der Waals surface area contributed by atoms with Crippen LogP contribution in [0.25, 0.3) is 0 Å². The number of nitrogen functional groups attached to an aromatic ring is 1. The molecule has 11 nitrogen and oxygen atoms in total. The van der Waals surface area contributed by atoms with E-state index in [1.54, 1.807) is 0 Å². The molecular weight excluding hydrogens is 597 g/mol. The number of methoxy groups -OCH3 is 2. The maximum atomic E-state index is 15.2. The first-order valence-corrected chi connectivity index (χ1v) is 14.2. The number of hydrogen-bond acceptors (Lipinski definition) is 11. The van der Waals surface area contributed by atoms with Crippen molar-refractivity contribution in [1.29, 1.82) is 0 Å². The van der Waals surface area contributed by atoms with Crippen molar-refractivity contribution in [1.82, 2.24) is 9.55 Å². The maximum Gasteiger partial charge on any atom is 0.435 e. The van der Waals surface area contributed by atoms with E-state index in [-0.39, 0.29) is 21.9 Å². The zero-order valence-electron chi connectivity index (χ0n) is 21.4. The first-order chi connectivity index (χ1) is 19.3. The Bertz CT molecular complexity index is 1410. The Kier molecular flexibility index (Phi) is 8.80. The van der Waals surface area contributed by atoms with E-state index in [4.69, 9.17) is 45.3 Å². The molecule has 0 bridgehead atoms. The molecule has 2 heterocycles. The van der Waals surface area contributed by atoms with Gasteiger partial charge in [-0.2, -0.15) is 13.8 Å². The Morgan fingerprint density at radius 2 is 1.51 bits per heavy atom. The highest BCUT2D eigenvalue weighted by atomic mass is 32.5. The van der Waals surface area contributed by atoms with Crippen molar-refractivity contribution in [2.24, 2.45) is 0 Å². The molecule has 3 aromatic rings. The molecule has 17 heteroatoms.